The van der Waals surface area contributed by atoms with Gasteiger partial charge < -0.3 is 10.1 Å². The van der Waals surface area contributed by atoms with Crippen molar-refractivity contribution < 1.29 is 4.74 Å². The quantitative estimate of drug-likeness (QED) is 0.919. The molecule has 0 amide bonds. The molecule has 1 fully saturated rings. The predicted molar refractivity (Wildman–Crippen MR) is 74.6 cm³/mol. The summed E-state index contributed by atoms with van der Waals surface area (Å²) < 4.78 is 7.89. The van der Waals surface area contributed by atoms with Crippen LogP contribution in [-0.4, -0.2) is 22.9 Å². The van der Waals surface area contributed by atoms with E-state index < -0.39 is 0 Å². The lowest BCUT2D eigenvalue weighted by Gasteiger charge is -2.22. The molecule has 0 saturated carbocycles. The summed E-state index contributed by atoms with van der Waals surface area (Å²) in [6.45, 7) is 4.15. The second-order valence-corrected chi connectivity index (χ2v) is 5.02. The fraction of sp³-hybridized carbons (Fsp3) is 0.400. The number of nitrogens with zero attached hydrogens (tertiary/aromatic N) is 2. The van der Waals surface area contributed by atoms with Crippen molar-refractivity contribution in [3.63, 3.8) is 0 Å². The SMILES string of the molecule is Cc1ccccc1Oc1cnn(C2CCCNC2)c1. The lowest BCUT2D eigenvalue weighted by atomic mass is 10.1. The van der Waals surface area contributed by atoms with Crippen molar-refractivity contribution in [3.8, 4) is 11.5 Å². The summed E-state index contributed by atoms with van der Waals surface area (Å²) >= 11 is 0. The standard InChI is InChI=1S/C15H19N3O/c1-12-5-2-3-7-15(12)19-14-10-17-18(11-14)13-6-4-8-16-9-13/h2-3,5,7,10-11,13,16H,4,6,8-9H2,1H3. The molecule has 1 atom stereocenters. The van der Waals surface area contributed by atoms with Crippen molar-refractivity contribution >= 4 is 0 Å². The summed E-state index contributed by atoms with van der Waals surface area (Å²) in [5.74, 6) is 1.70. The van der Waals surface area contributed by atoms with Gasteiger partial charge in [0.1, 0.15) is 5.75 Å². The van der Waals surface area contributed by atoms with Gasteiger partial charge in [-0.1, -0.05) is 18.2 Å². The maximum atomic E-state index is 5.88. The van der Waals surface area contributed by atoms with E-state index >= 15 is 0 Å². The van der Waals surface area contributed by atoms with Crippen LogP contribution in [0.1, 0.15) is 24.4 Å². The minimum atomic E-state index is 0.447. The highest BCUT2D eigenvalue weighted by atomic mass is 16.5. The summed E-state index contributed by atoms with van der Waals surface area (Å²) in [7, 11) is 0. The third-order valence-corrected chi connectivity index (χ3v) is 3.54. The first-order chi connectivity index (χ1) is 9.33. The Labute approximate surface area is 113 Å². The molecule has 19 heavy (non-hydrogen) atoms. The van der Waals surface area contributed by atoms with Gasteiger partial charge in [-0.3, -0.25) is 4.68 Å². The highest BCUT2D eigenvalue weighted by Gasteiger charge is 2.16. The Morgan fingerprint density at radius 2 is 2.26 bits per heavy atom. The molecule has 100 valence electrons. The zero-order valence-corrected chi connectivity index (χ0v) is 11.2. The van der Waals surface area contributed by atoms with E-state index in [1.807, 2.05) is 42.1 Å². The Morgan fingerprint density at radius 3 is 3.05 bits per heavy atom. The van der Waals surface area contributed by atoms with E-state index in [-0.39, 0.29) is 0 Å². The predicted octanol–water partition coefficient (Wildman–Crippen LogP) is 2.91. The van der Waals surface area contributed by atoms with Gasteiger partial charge in [0, 0.05) is 6.54 Å². The van der Waals surface area contributed by atoms with E-state index in [4.69, 9.17) is 4.74 Å². The lowest BCUT2D eigenvalue weighted by molar-refractivity contribution is 0.345. The van der Waals surface area contributed by atoms with E-state index in [9.17, 15) is 0 Å². The zero-order valence-electron chi connectivity index (χ0n) is 11.2. The molecule has 1 saturated heterocycles. The zero-order chi connectivity index (χ0) is 13.1. The minimum Gasteiger partial charge on any atom is -0.454 e. The van der Waals surface area contributed by atoms with E-state index in [2.05, 4.69) is 10.4 Å². The molecule has 2 aromatic rings. The summed E-state index contributed by atoms with van der Waals surface area (Å²) in [5, 5.41) is 7.82. The molecule has 4 heteroatoms. The van der Waals surface area contributed by atoms with Crippen molar-refractivity contribution in [1.82, 2.24) is 15.1 Å². The molecule has 2 heterocycles. The van der Waals surface area contributed by atoms with Crippen LogP contribution in [0.15, 0.2) is 36.7 Å². The molecule has 1 aromatic heterocycles. The molecular formula is C15H19N3O. The number of nitrogens with one attached hydrogen (secondary N) is 1. The monoisotopic (exact) mass is 257 g/mol. The molecule has 0 spiro atoms. The normalized spacial score (nSPS) is 19.3. The highest BCUT2D eigenvalue weighted by Crippen LogP contribution is 2.25. The second kappa shape index (κ2) is 5.45. The first kappa shape index (κ1) is 12.2. The van der Waals surface area contributed by atoms with Crippen molar-refractivity contribution in [2.75, 3.05) is 13.1 Å². The molecule has 1 aliphatic rings. The van der Waals surface area contributed by atoms with Crippen LogP contribution in [0, 0.1) is 6.92 Å². The topological polar surface area (TPSA) is 39.1 Å². The molecule has 1 N–H and O–H groups in total. The fourth-order valence-corrected chi connectivity index (χ4v) is 2.43. The number of para-hydroxylation sites is 1. The Morgan fingerprint density at radius 1 is 1.37 bits per heavy atom. The highest BCUT2D eigenvalue weighted by molar-refractivity contribution is 5.35. The average molecular weight is 257 g/mol. The molecule has 1 unspecified atom stereocenters. The van der Waals surface area contributed by atoms with Gasteiger partial charge in [0.2, 0.25) is 0 Å². The average Bonchev–Trinajstić information content (AvgIpc) is 2.91. The van der Waals surface area contributed by atoms with Gasteiger partial charge in [-0.25, -0.2) is 0 Å². The third kappa shape index (κ3) is 2.79. The lowest BCUT2D eigenvalue weighted by Crippen LogP contribution is -2.31. The Bertz CT molecular complexity index is 544. The molecule has 3 rings (SSSR count). The first-order valence-corrected chi connectivity index (χ1v) is 6.81. The van der Waals surface area contributed by atoms with Crippen LogP contribution in [0.25, 0.3) is 0 Å². The molecule has 0 bridgehead atoms. The van der Waals surface area contributed by atoms with Crippen molar-refractivity contribution in [1.29, 1.82) is 0 Å². The third-order valence-electron chi connectivity index (χ3n) is 3.54. The van der Waals surface area contributed by atoms with Crippen LogP contribution in [-0.2, 0) is 0 Å². The molecule has 0 radical (unpaired) electrons. The van der Waals surface area contributed by atoms with Crippen LogP contribution in [0.3, 0.4) is 0 Å². The van der Waals surface area contributed by atoms with Crippen LogP contribution >= 0.6 is 0 Å². The number of ether oxygens (including phenoxy) is 1. The Hall–Kier alpha value is -1.81. The van der Waals surface area contributed by atoms with Crippen molar-refractivity contribution in [2.24, 2.45) is 0 Å². The van der Waals surface area contributed by atoms with Gasteiger partial charge in [-0.2, -0.15) is 5.10 Å². The maximum absolute atomic E-state index is 5.88. The minimum absolute atomic E-state index is 0.447. The van der Waals surface area contributed by atoms with Crippen LogP contribution < -0.4 is 10.1 Å². The smallest absolute Gasteiger partial charge is 0.165 e. The molecule has 1 aromatic carbocycles. The summed E-state index contributed by atoms with van der Waals surface area (Å²) in [6.07, 6.45) is 6.17. The molecular weight excluding hydrogens is 238 g/mol. The Kier molecular flexibility index (Phi) is 3.51. The van der Waals surface area contributed by atoms with Gasteiger partial charge >= 0.3 is 0 Å². The number of piperidine rings is 1. The first-order valence-electron chi connectivity index (χ1n) is 6.81. The largest absolute Gasteiger partial charge is 0.454 e. The number of aromatic nitrogens is 2. The van der Waals surface area contributed by atoms with E-state index in [1.165, 1.54) is 12.8 Å². The Balaban J connectivity index is 1.73. The molecule has 1 aliphatic heterocycles. The van der Waals surface area contributed by atoms with Gasteiger partial charge in [-0.05, 0) is 37.9 Å². The van der Waals surface area contributed by atoms with Crippen LogP contribution in [0.5, 0.6) is 11.5 Å². The fourth-order valence-electron chi connectivity index (χ4n) is 2.43. The van der Waals surface area contributed by atoms with E-state index in [0.29, 0.717) is 6.04 Å². The van der Waals surface area contributed by atoms with Crippen molar-refractivity contribution in [3.05, 3.63) is 42.2 Å². The summed E-state index contributed by atoms with van der Waals surface area (Å²) in [5.41, 5.74) is 1.13. The number of benzene rings is 1. The number of aryl methyl sites for hydroxylation is 1. The summed E-state index contributed by atoms with van der Waals surface area (Å²) in [6, 6.07) is 8.47. The van der Waals surface area contributed by atoms with Crippen LogP contribution in [0.4, 0.5) is 0 Å². The number of hydrogen-bond acceptors (Lipinski definition) is 3. The van der Waals surface area contributed by atoms with Crippen LogP contribution in [0.2, 0.25) is 0 Å². The molecule has 4 nitrogen and oxygen atoms in total. The summed E-state index contributed by atoms with van der Waals surface area (Å²) in [4.78, 5) is 0. The van der Waals surface area contributed by atoms with Gasteiger partial charge in [-0.15, -0.1) is 0 Å². The van der Waals surface area contributed by atoms with Gasteiger partial charge in [0.15, 0.2) is 5.75 Å². The van der Waals surface area contributed by atoms with Gasteiger partial charge in [0.05, 0.1) is 18.4 Å². The van der Waals surface area contributed by atoms with Crippen molar-refractivity contribution in [2.45, 2.75) is 25.8 Å². The van der Waals surface area contributed by atoms with E-state index in [1.54, 1.807) is 6.20 Å². The second-order valence-electron chi connectivity index (χ2n) is 5.02. The molecule has 0 aliphatic carbocycles. The van der Waals surface area contributed by atoms with Gasteiger partial charge in [0.25, 0.3) is 0 Å². The van der Waals surface area contributed by atoms with E-state index in [0.717, 1.165) is 30.2 Å². The number of hydrogen-bond donors (Lipinski definition) is 1. The maximum Gasteiger partial charge on any atom is 0.165 e. The number of rotatable bonds is 3.